The Morgan fingerprint density at radius 2 is 2.22 bits per heavy atom. The molecule has 4 heteroatoms. The van der Waals surface area contributed by atoms with E-state index in [1.54, 1.807) is 6.20 Å². The van der Waals surface area contributed by atoms with Crippen LogP contribution in [-0.2, 0) is 0 Å². The molecular formula is C14H24N2O2. The highest BCUT2D eigenvalue weighted by atomic mass is 16.5. The maximum absolute atomic E-state index is 8.67. The quantitative estimate of drug-likeness (QED) is 0.662. The third-order valence-corrected chi connectivity index (χ3v) is 2.82. The first-order valence-electron chi connectivity index (χ1n) is 6.71. The minimum atomic E-state index is 0.258. The Balaban J connectivity index is 2.39. The van der Waals surface area contributed by atoms with E-state index in [2.05, 4.69) is 24.1 Å². The van der Waals surface area contributed by atoms with Gasteiger partial charge in [0, 0.05) is 24.9 Å². The molecule has 0 fully saturated rings. The van der Waals surface area contributed by atoms with Crippen molar-refractivity contribution < 1.29 is 9.84 Å². The summed E-state index contributed by atoms with van der Waals surface area (Å²) < 4.78 is 5.60. The van der Waals surface area contributed by atoms with Gasteiger partial charge in [-0.05, 0) is 44.4 Å². The summed E-state index contributed by atoms with van der Waals surface area (Å²) in [5.41, 5.74) is 1.19. The first-order chi connectivity index (χ1) is 8.77. The van der Waals surface area contributed by atoms with E-state index in [-0.39, 0.29) is 6.61 Å². The summed E-state index contributed by atoms with van der Waals surface area (Å²) in [7, 11) is 0. The van der Waals surface area contributed by atoms with Gasteiger partial charge in [-0.1, -0.05) is 6.92 Å². The van der Waals surface area contributed by atoms with Crippen LogP contribution in [0.3, 0.4) is 0 Å². The summed E-state index contributed by atoms with van der Waals surface area (Å²) in [6.45, 7) is 6.08. The minimum absolute atomic E-state index is 0.258. The molecule has 2 N–H and O–H groups in total. The topological polar surface area (TPSA) is 54.4 Å². The molecule has 0 spiro atoms. The van der Waals surface area contributed by atoms with Crippen LogP contribution in [0.4, 0.5) is 0 Å². The second kappa shape index (κ2) is 8.89. The molecule has 0 aromatic carbocycles. The molecule has 0 aliphatic heterocycles. The number of aromatic nitrogens is 1. The van der Waals surface area contributed by atoms with Gasteiger partial charge in [-0.15, -0.1) is 0 Å². The summed E-state index contributed by atoms with van der Waals surface area (Å²) in [4.78, 5) is 4.20. The molecule has 0 saturated carbocycles. The Bertz CT molecular complexity index is 331. The molecule has 0 aliphatic carbocycles. The second-order valence-electron chi connectivity index (χ2n) is 4.34. The zero-order valence-corrected chi connectivity index (χ0v) is 11.4. The first kappa shape index (κ1) is 14.9. The SMILES string of the molecule is CCNC(C)c1ccnc(OCCCCCO)c1. The Morgan fingerprint density at radius 1 is 1.39 bits per heavy atom. The van der Waals surface area contributed by atoms with E-state index < -0.39 is 0 Å². The molecule has 1 atom stereocenters. The zero-order valence-electron chi connectivity index (χ0n) is 11.4. The molecule has 1 aromatic heterocycles. The van der Waals surface area contributed by atoms with Crippen molar-refractivity contribution in [2.75, 3.05) is 19.8 Å². The van der Waals surface area contributed by atoms with E-state index in [1.807, 2.05) is 12.1 Å². The van der Waals surface area contributed by atoms with E-state index in [0.717, 1.165) is 25.8 Å². The number of nitrogens with one attached hydrogen (secondary N) is 1. The third-order valence-electron chi connectivity index (χ3n) is 2.82. The summed E-state index contributed by atoms with van der Waals surface area (Å²) in [6.07, 6.45) is 4.57. The lowest BCUT2D eigenvalue weighted by Gasteiger charge is -2.13. The molecule has 0 radical (unpaired) electrons. The molecule has 1 rings (SSSR count). The van der Waals surface area contributed by atoms with Crippen LogP contribution in [0.2, 0.25) is 0 Å². The van der Waals surface area contributed by atoms with Gasteiger partial charge < -0.3 is 15.2 Å². The highest BCUT2D eigenvalue weighted by Crippen LogP contribution is 2.16. The van der Waals surface area contributed by atoms with Crippen molar-refractivity contribution in [3.8, 4) is 5.88 Å². The second-order valence-corrected chi connectivity index (χ2v) is 4.34. The van der Waals surface area contributed by atoms with E-state index >= 15 is 0 Å². The highest BCUT2D eigenvalue weighted by molar-refractivity contribution is 5.23. The highest BCUT2D eigenvalue weighted by Gasteiger charge is 2.05. The number of aliphatic hydroxyl groups excluding tert-OH is 1. The van der Waals surface area contributed by atoms with Crippen LogP contribution >= 0.6 is 0 Å². The van der Waals surface area contributed by atoms with Gasteiger partial charge >= 0.3 is 0 Å². The van der Waals surface area contributed by atoms with Gasteiger partial charge in [0.1, 0.15) is 0 Å². The maximum atomic E-state index is 8.67. The number of hydrogen-bond donors (Lipinski definition) is 2. The molecule has 102 valence electrons. The number of rotatable bonds is 9. The zero-order chi connectivity index (χ0) is 13.2. The summed E-state index contributed by atoms with van der Waals surface area (Å²) in [5, 5.41) is 12.0. The number of unbranched alkanes of at least 4 members (excludes halogenated alkanes) is 2. The average molecular weight is 252 g/mol. The van der Waals surface area contributed by atoms with Gasteiger partial charge in [-0.2, -0.15) is 0 Å². The largest absolute Gasteiger partial charge is 0.478 e. The molecular weight excluding hydrogens is 228 g/mol. The Kier molecular flexibility index (Phi) is 7.37. The molecule has 1 unspecified atom stereocenters. The van der Waals surface area contributed by atoms with E-state index in [0.29, 0.717) is 18.5 Å². The van der Waals surface area contributed by atoms with Gasteiger partial charge in [0.2, 0.25) is 5.88 Å². The normalized spacial score (nSPS) is 12.4. The fraction of sp³-hybridized carbons (Fsp3) is 0.643. The van der Waals surface area contributed by atoms with Crippen LogP contribution in [0.15, 0.2) is 18.3 Å². The predicted molar refractivity (Wildman–Crippen MR) is 72.8 cm³/mol. The number of nitrogens with zero attached hydrogens (tertiary/aromatic N) is 1. The van der Waals surface area contributed by atoms with Crippen LogP contribution in [0.25, 0.3) is 0 Å². The Hall–Kier alpha value is -1.13. The number of hydrogen-bond acceptors (Lipinski definition) is 4. The number of pyridine rings is 1. The molecule has 18 heavy (non-hydrogen) atoms. The standard InChI is InChI=1S/C14H24N2O2/c1-3-15-12(2)13-7-8-16-14(11-13)18-10-6-4-5-9-17/h7-8,11-12,15,17H,3-6,9-10H2,1-2H3. The van der Waals surface area contributed by atoms with Crippen LogP contribution in [0.1, 0.15) is 44.7 Å². The fourth-order valence-electron chi connectivity index (χ4n) is 1.76. The van der Waals surface area contributed by atoms with Gasteiger partial charge in [-0.25, -0.2) is 4.98 Å². The van der Waals surface area contributed by atoms with Gasteiger partial charge in [0.05, 0.1) is 6.61 Å². The number of aliphatic hydroxyl groups is 1. The van der Waals surface area contributed by atoms with Crippen LogP contribution in [-0.4, -0.2) is 29.8 Å². The van der Waals surface area contributed by atoms with Crippen molar-refractivity contribution in [1.82, 2.24) is 10.3 Å². The smallest absolute Gasteiger partial charge is 0.213 e. The van der Waals surface area contributed by atoms with Crippen LogP contribution in [0, 0.1) is 0 Å². The molecule has 1 heterocycles. The molecule has 1 aromatic rings. The molecule has 0 saturated heterocycles. The predicted octanol–water partition coefficient (Wildman–Crippen LogP) is 2.29. The molecule has 0 bridgehead atoms. The van der Waals surface area contributed by atoms with Crippen molar-refractivity contribution in [2.24, 2.45) is 0 Å². The van der Waals surface area contributed by atoms with Gasteiger partial charge in [-0.3, -0.25) is 0 Å². The summed E-state index contributed by atoms with van der Waals surface area (Å²) in [5.74, 6) is 0.682. The van der Waals surface area contributed by atoms with E-state index in [4.69, 9.17) is 9.84 Å². The minimum Gasteiger partial charge on any atom is -0.478 e. The van der Waals surface area contributed by atoms with Crippen LogP contribution < -0.4 is 10.1 Å². The lowest BCUT2D eigenvalue weighted by atomic mass is 10.1. The van der Waals surface area contributed by atoms with Crippen molar-refractivity contribution in [2.45, 2.75) is 39.2 Å². The molecule has 0 aliphatic rings. The monoisotopic (exact) mass is 252 g/mol. The Labute approximate surface area is 109 Å². The third kappa shape index (κ3) is 5.47. The average Bonchev–Trinajstić information content (AvgIpc) is 2.39. The molecule has 0 amide bonds. The molecule has 4 nitrogen and oxygen atoms in total. The maximum Gasteiger partial charge on any atom is 0.213 e. The fourth-order valence-corrected chi connectivity index (χ4v) is 1.76. The van der Waals surface area contributed by atoms with Gasteiger partial charge in [0.15, 0.2) is 0 Å². The van der Waals surface area contributed by atoms with Crippen molar-refractivity contribution in [1.29, 1.82) is 0 Å². The lowest BCUT2D eigenvalue weighted by molar-refractivity contribution is 0.262. The van der Waals surface area contributed by atoms with Crippen molar-refractivity contribution >= 4 is 0 Å². The summed E-state index contributed by atoms with van der Waals surface area (Å²) in [6, 6.07) is 4.31. The first-order valence-corrected chi connectivity index (χ1v) is 6.71. The lowest BCUT2D eigenvalue weighted by Crippen LogP contribution is -2.17. The van der Waals surface area contributed by atoms with Crippen LogP contribution in [0.5, 0.6) is 5.88 Å². The van der Waals surface area contributed by atoms with Crippen molar-refractivity contribution in [3.05, 3.63) is 23.9 Å². The summed E-state index contributed by atoms with van der Waals surface area (Å²) >= 11 is 0. The van der Waals surface area contributed by atoms with E-state index in [9.17, 15) is 0 Å². The Morgan fingerprint density at radius 3 is 2.94 bits per heavy atom. The number of ether oxygens (including phenoxy) is 1. The van der Waals surface area contributed by atoms with Gasteiger partial charge in [0.25, 0.3) is 0 Å². The van der Waals surface area contributed by atoms with E-state index in [1.165, 1.54) is 5.56 Å². The van der Waals surface area contributed by atoms with Crippen molar-refractivity contribution in [3.63, 3.8) is 0 Å².